The molecule has 29 heavy (non-hydrogen) atoms. The predicted octanol–water partition coefficient (Wildman–Crippen LogP) is 3.72. The summed E-state index contributed by atoms with van der Waals surface area (Å²) in [5.41, 5.74) is 0.876. The van der Waals surface area contributed by atoms with Gasteiger partial charge in [0.05, 0.1) is 27.7 Å². The minimum atomic E-state index is -3.37. The maximum atomic E-state index is 12.4. The van der Waals surface area contributed by atoms with E-state index in [0.29, 0.717) is 29.4 Å². The van der Waals surface area contributed by atoms with Crippen LogP contribution in [0.3, 0.4) is 0 Å². The van der Waals surface area contributed by atoms with E-state index in [1.165, 1.54) is 35.5 Å². The van der Waals surface area contributed by atoms with Gasteiger partial charge in [-0.15, -0.1) is 0 Å². The van der Waals surface area contributed by atoms with Crippen molar-refractivity contribution in [3.63, 3.8) is 0 Å². The second-order valence-corrected chi connectivity index (χ2v) is 9.31. The van der Waals surface area contributed by atoms with E-state index in [4.69, 9.17) is 27.9 Å². The van der Waals surface area contributed by atoms with E-state index in [9.17, 15) is 18.0 Å². The zero-order chi connectivity index (χ0) is 21.2. The molecule has 1 atom stereocenters. The standard InChI is InChI=1S/C19H18Cl2N2O5S/c1-12(18(24)22-17-7-6-14(20)11-16(17)21)28-19(25)13-4-2-5-15(10-13)23-8-3-9-29(23,26)27/h2,4-7,10-12H,3,8-9H2,1H3,(H,22,24). The number of nitrogens with zero attached hydrogens (tertiary/aromatic N) is 1. The number of hydrogen-bond donors (Lipinski definition) is 1. The van der Waals surface area contributed by atoms with Gasteiger partial charge in [-0.3, -0.25) is 9.10 Å². The number of amides is 1. The number of benzene rings is 2. The number of rotatable bonds is 5. The van der Waals surface area contributed by atoms with Gasteiger partial charge in [0, 0.05) is 11.6 Å². The molecule has 3 rings (SSSR count). The minimum absolute atomic E-state index is 0.0755. The Balaban J connectivity index is 1.68. The second kappa shape index (κ2) is 8.61. The first kappa shape index (κ1) is 21.4. The Bertz CT molecular complexity index is 1060. The number of halogens is 2. The SMILES string of the molecule is CC(OC(=O)c1cccc(N2CCCS2(=O)=O)c1)C(=O)Nc1ccc(Cl)cc1Cl. The van der Waals surface area contributed by atoms with Crippen molar-refractivity contribution >= 4 is 56.5 Å². The van der Waals surface area contributed by atoms with Crippen molar-refractivity contribution in [3.8, 4) is 0 Å². The first-order valence-corrected chi connectivity index (χ1v) is 11.1. The molecule has 1 N–H and O–H groups in total. The Morgan fingerprint density at radius 3 is 2.59 bits per heavy atom. The van der Waals surface area contributed by atoms with E-state index >= 15 is 0 Å². The number of anilines is 2. The molecule has 10 heteroatoms. The molecule has 0 spiro atoms. The summed E-state index contributed by atoms with van der Waals surface area (Å²) in [5, 5.41) is 3.24. The van der Waals surface area contributed by atoms with Crippen LogP contribution in [0.15, 0.2) is 42.5 Å². The molecule has 1 fully saturated rings. The molecular weight excluding hydrogens is 439 g/mol. The van der Waals surface area contributed by atoms with E-state index in [1.54, 1.807) is 18.2 Å². The highest BCUT2D eigenvalue weighted by molar-refractivity contribution is 7.93. The molecule has 154 valence electrons. The number of esters is 1. The van der Waals surface area contributed by atoms with Gasteiger partial charge < -0.3 is 10.1 Å². The van der Waals surface area contributed by atoms with Gasteiger partial charge in [-0.25, -0.2) is 13.2 Å². The monoisotopic (exact) mass is 456 g/mol. The average molecular weight is 457 g/mol. The second-order valence-electron chi connectivity index (χ2n) is 6.45. The Labute approximate surface area is 178 Å². The number of nitrogens with one attached hydrogen (secondary N) is 1. The number of carbonyl (C=O) groups is 2. The molecule has 0 bridgehead atoms. The van der Waals surface area contributed by atoms with Crippen LogP contribution in [0.4, 0.5) is 11.4 Å². The van der Waals surface area contributed by atoms with Gasteiger partial charge in [-0.2, -0.15) is 0 Å². The summed E-state index contributed by atoms with van der Waals surface area (Å²) in [4.78, 5) is 24.7. The molecule has 1 unspecified atom stereocenters. The Kier molecular flexibility index (Phi) is 6.36. The van der Waals surface area contributed by atoms with E-state index in [2.05, 4.69) is 5.32 Å². The van der Waals surface area contributed by atoms with Crippen LogP contribution in [0.25, 0.3) is 0 Å². The average Bonchev–Trinajstić information content (AvgIpc) is 3.03. The molecule has 0 saturated carbocycles. The molecule has 1 amide bonds. The zero-order valence-corrected chi connectivity index (χ0v) is 17.7. The quantitative estimate of drug-likeness (QED) is 0.691. The molecule has 1 saturated heterocycles. The van der Waals surface area contributed by atoms with Crippen molar-refractivity contribution in [2.24, 2.45) is 0 Å². The molecule has 2 aromatic carbocycles. The lowest BCUT2D eigenvalue weighted by molar-refractivity contribution is -0.123. The zero-order valence-electron chi connectivity index (χ0n) is 15.4. The van der Waals surface area contributed by atoms with E-state index in [1.807, 2.05) is 0 Å². The van der Waals surface area contributed by atoms with Gasteiger partial charge in [0.25, 0.3) is 5.91 Å². The third-order valence-corrected chi connectivity index (χ3v) is 6.73. The van der Waals surface area contributed by atoms with Crippen LogP contribution in [0, 0.1) is 0 Å². The third kappa shape index (κ3) is 5.01. The molecule has 1 aliphatic heterocycles. The van der Waals surface area contributed by atoms with Crippen molar-refractivity contribution in [1.82, 2.24) is 0 Å². The van der Waals surface area contributed by atoms with Gasteiger partial charge in [-0.05, 0) is 49.7 Å². The van der Waals surface area contributed by atoms with Gasteiger partial charge in [-0.1, -0.05) is 29.3 Å². The van der Waals surface area contributed by atoms with Crippen LogP contribution in [-0.4, -0.2) is 38.7 Å². The molecule has 0 aromatic heterocycles. The first-order chi connectivity index (χ1) is 13.7. The lowest BCUT2D eigenvalue weighted by Crippen LogP contribution is -2.30. The van der Waals surface area contributed by atoms with Crippen molar-refractivity contribution in [3.05, 3.63) is 58.1 Å². The highest BCUT2D eigenvalue weighted by Crippen LogP contribution is 2.26. The fourth-order valence-electron chi connectivity index (χ4n) is 2.82. The largest absolute Gasteiger partial charge is 0.449 e. The van der Waals surface area contributed by atoms with E-state index in [0.717, 1.165) is 0 Å². The van der Waals surface area contributed by atoms with E-state index < -0.39 is 28.0 Å². The summed E-state index contributed by atoms with van der Waals surface area (Å²) in [5.74, 6) is -1.24. The Hall–Kier alpha value is -2.29. The summed E-state index contributed by atoms with van der Waals surface area (Å²) in [7, 11) is -3.37. The van der Waals surface area contributed by atoms with Crippen LogP contribution < -0.4 is 9.62 Å². The molecule has 0 radical (unpaired) electrons. The Morgan fingerprint density at radius 1 is 1.17 bits per heavy atom. The van der Waals surface area contributed by atoms with E-state index in [-0.39, 0.29) is 16.3 Å². The fraction of sp³-hybridized carbons (Fsp3) is 0.263. The minimum Gasteiger partial charge on any atom is -0.449 e. The molecule has 1 heterocycles. The summed E-state index contributed by atoms with van der Waals surface area (Å²) >= 11 is 11.8. The van der Waals surface area contributed by atoms with Crippen LogP contribution in [0.1, 0.15) is 23.7 Å². The van der Waals surface area contributed by atoms with Crippen molar-refractivity contribution < 1.29 is 22.7 Å². The van der Waals surface area contributed by atoms with Gasteiger partial charge >= 0.3 is 5.97 Å². The lowest BCUT2D eigenvalue weighted by atomic mass is 10.2. The van der Waals surface area contributed by atoms with Crippen LogP contribution in [0.2, 0.25) is 10.0 Å². The summed E-state index contributed by atoms with van der Waals surface area (Å²) < 4.78 is 30.6. The molecular formula is C19H18Cl2N2O5S. The maximum absolute atomic E-state index is 12.4. The highest BCUT2D eigenvalue weighted by Gasteiger charge is 2.29. The van der Waals surface area contributed by atoms with Gasteiger partial charge in [0.1, 0.15) is 0 Å². The van der Waals surface area contributed by atoms with Gasteiger partial charge in [0.15, 0.2) is 6.10 Å². The summed E-state index contributed by atoms with van der Waals surface area (Å²) in [6.07, 6.45) is -0.574. The van der Waals surface area contributed by atoms with Crippen LogP contribution >= 0.6 is 23.2 Å². The smallest absolute Gasteiger partial charge is 0.338 e. The molecule has 7 nitrogen and oxygen atoms in total. The fourth-order valence-corrected chi connectivity index (χ4v) is 4.84. The Morgan fingerprint density at radius 2 is 1.93 bits per heavy atom. The lowest BCUT2D eigenvalue weighted by Gasteiger charge is -2.18. The number of ether oxygens (including phenoxy) is 1. The molecule has 2 aromatic rings. The molecule has 0 aliphatic carbocycles. The maximum Gasteiger partial charge on any atom is 0.338 e. The summed E-state index contributed by atoms with van der Waals surface area (Å²) in [6, 6.07) is 10.7. The number of hydrogen-bond acceptors (Lipinski definition) is 5. The van der Waals surface area contributed by atoms with Crippen LogP contribution in [0.5, 0.6) is 0 Å². The molecule has 1 aliphatic rings. The highest BCUT2D eigenvalue weighted by atomic mass is 35.5. The van der Waals surface area contributed by atoms with Crippen molar-refractivity contribution in [1.29, 1.82) is 0 Å². The van der Waals surface area contributed by atoms with Crippen LogP contribution in [-0.2, 0) is 19.6 Å². The number of sulfonamides is 1. The normalized spacial score (nSPS) is 16.3. The van der Waals surface area contributed by atoms with Crippen molar-refractivity contribution in [2.45, 2.75) is 19.4 Å². The van der Waals surface area contributed by atoms with Crippen molar-refractivity contribution in [2.75, 3.05) is 21.9 Å². The number of carbonyl (C=O) groups excluding carboxylic acids is 2. The topological polar surface area (TPSA) is 92.8 Å². The first-order valence-electron chi connectivity index (χ1n) is 8.75. The third-order valence-electron chi connectivity index (χ3n) is 4.31. The summed E-state index contributed by atoms with van der Waals surface area (Å²) in [6.45, 7) is 1.79. The predicted molar refractivity (Wildman–Crippen MR) is 112 cm³/mol. The van der Waals surface area contributed by atoms with Gasteiger partial charge in [0.2, 0.25) is 10.0 Å².